The maximum Gasteiger partial charge on any atom is 0.337 e. The van der Waals surface area contributed by atoms with Gasteiger partial charge in [-0.3, -0.25) is 4.79 Å². The standard InChI is InChI=1S/C35H47ClN2O6/c1-4-5-24-17-28(36)8-10-29(24)27-20-38(31-18-25(34(40)35(41)42)7-11-32(31)44-21-27)19-26-6-9-30(26)33-16-23(13-15-43-33)12-14-37(3)22(2)39/h7-8,10-11,17-18,23,26-27,30,33-34,40H,4-6,9,12-16,19-21H2,1-3H3,(H,41,42). The number of carboxylic acids is 1. The van der Waals surface area contributed by atoms with Gasteiger partial charge >= 0.3 is 5.97 Å². The highest BCUT2D eigenvalue weighted by atomic mass is 35.5. The Kier molecular flexibility index (Phi) is 10.8. The second kappa shape index (κ2) is 14.5. The van der Waals surface area contributed by atoms with Crippen molar-refractivity contribution in [2.75, 3.05) is 44.8 Å². The van der Waals surface area contributed by atoms with Crippen LogP contribution in [0.2, 0.25) is 5.02 Å². The van der Waals surface area contributed by atoms with E-state index in [1.807, 2.05) is 13.1 Å². The van der Waals surface area contributed by atoms with Crippen LogP contribution in [0, 0.1) is 17.8 Å². The van der Waals surface area contributed by atoms with Crippen LogP contribution in [0.3, 0.4) is 0 Å². The van der Waals surface area contributed by atoms with Crippen molar-refractivity contribution in [2.45, 2.75) is 76.9 Å². The van der Waals surface area contributed by atoms with E-state index in [1.54, 1.807) is 30.0 Å². The van der Waals surface area contributed by atoms with Gasteiger partial charge < -0.3 is 29.5 Å². The van der Waals surface area contributed by atoms with Crippen LogP contribution < -0.4 is 9.64 Å². The minimum absolute atomic E-state index is 0.0983. The van der Waals surface area contributed by atoms with Crippen LogP contribution in [0.4, 0.5) is 5.69 Å². The maximum absolute atomic E-state index is 11.7. The number of aliphatic hydroxyl groups is 1. The smallest absolute Gasteiger partial charge is 0.337 e. The largest absolute Gasteiger partial charge is 0.491 e. The monoisotopic (exact) mass is 626 g/mol. The van der Waals surface area contributed by atoms with E-state index in [9.17, 15) is 19.8 Å². The molecule has 2 fully saturated rings. The molecule has 6 atom stereocenters. The summed E-state index contributed by atoms with van der Waals surface area (Å²) in [4.78, 5) is 27.5. The first-order valence-electron chi connectivity index (χ1n) is 16.2. The predicted octanol–water partition coefficient (Wildman–Crippen LogP) is 6.08. The summed E-state index contributed by atoms with van der Waals surface area (Å²) >= 11 is 6.40. The van der Waals surface area contributed by atoms with Crippen molar-refractivity contribution in [2.24, 2.45) is 17.8 Å². The summed E-state index contributed by atoms with van der Waals surface area (Å²) < 4.78 is 12.8. The Morgan fingerprint density at radius 1 is 1.16 bits per heavy atom. The zero-order chi connectivity index (χ0) is 31.4. The molecule has 1 saturated heterocycles. The van der Waals surface area contributed by atoms with E-state index in [0.29, 0.717) is 42.2 Å². The Bertz CT molecular complexity index is 1320. The van der Waals surface area contributed by atoms with Crippen LogP contribution in [0.1, 0.15) is 81.1 Å². The third-order valence-corrected chi connectivity index (χ3v) is 10.3. The lowest BCUT2D eigenvalue weighted by Crippen LogP contribution is -2.47. The third-order valence-electron chi connectivity index (χ3n) is 10.1. The molecular formula is C35H47ClN2O6. The highest BCUT2D eigenvalue weighted by Gasteiger charge is 2.41. The molecule has 2 heterocycles. The fraction of sp³-hybridized carbons (Fsp3) is 0.600. The molecule has 240 valence electrons. The summed E-state index contributed by atoms with van der Waals surface area (Å²) in [6.07, 6.45) is 5.86. The van der Waals surface area contributed by atoms with E-state index >= 15 is 0 Å². The van der Waals surface area contributed by atoms with Crippen molar-refractivity contribution in [1.29, 1.82) is 0 Å². The quantitative estimate of drug-likeness (QED) is 0.312. The number of carbonyl (C=O) groups excluding carboxylic acids is 1. The summed E-state index contributed by atoms with van der Waals surface area (Å²) in [5.74, 6) is 1.07. The fourth-order valence-electron chi connectivity index (χ4n) is 7.23. The van der Waals surface area contributed by atoms with E-state index in [-0.39, 0.29) is 17.9 Å². The molecule has 1 saturated carbocycles. The Morgan fingerprint density at radius 3 is 2.68 bits per heavy atom. The molecule has 44 heavy (non-hydrogen) atoms. The van der Waals surface area contributed by atoms with E-state index < -0.39 is 12.1 Å². The normalized spacial score (nSPS) is 25.7. The number of amides is 1. The molecular weight excluding hydrogens is 580 g/mol. The summed E-state index contributed by atoms with van der Waals surface area (Å²) in [5.41, 5.74) is 3.65. The number of nitrogens with zero attached hydrogens (tertiary/aromatic N) is 2. The van der Waals surface area contributed by atoms with Gasteiger partial charge in [0.1, 0.15) is 5.75 Å². The molecule has 5 rings (SSSR count). The summed E-state index contributed by atoms with van der Waals surface area (Å²) in [6.45, 7) is 7.34. The van der Waals surface area contributed by atoms with Crippen LogP contribution >= 0.6 is 11.6 Å². The minimum atomic E-state index is -1.60. The van der Waals surface area contributed by atoms with Gasteiger partial charge in [-0.25, -0.2) is 4.79 Å². The van der Waals surface area contributed by atoms with Crippen molar-refractivity contribution in [3.05, 3.63) is 58.1 Å². The molecule has 9 heteroatoms. The van der Waals surface area contributed by atoms with Crippen LogP contribution in [0.25, 0.3) is 0 Å². The Hall–Kier alpha value is -2.81. The maximum atomic E-state index is 11.7. The Morgan fingerprint density at radius 2 is 1.98 bits per heavy atom. The molecule has 0 spiro atoms. The second-order valence-corrected chi connectivity index (χ2v) is 13.4. The van der Waals surface area contributed by atoms with Crippen molar-refractivity contribution in [3.63, 3.8) is 0 Å². The Balaban J connectivity index is 1.37. The van der Waals surface area contributed by atoms with Crippen molar-refractivity contribution >= 4 is 29.2 Å². The minimum Gasteiger partial charge on any atom is -0.491 e. The molecule has 1 aliphatic carbocycles. The third kappa shape index (κ3) is 7.52. The first kappa shape index (κ1) is 32.6. The lowest BCUT2D eigenvalue weighted by atomic mass is 9.67. The summed E-state index contributed by atoms with van der Waals surface area (Å²) in [5, 5.41) is 20.6. The van der Waals surface area contributed by atoms with Gasteiger partial charge in [-0.1, -0.05) is 37.1 Å². The van der Waals surface area contributed by atoms with Crippen molar-refractivity contribution in [1.82, 2.24) is 4.90 Å². The van der Waals surface area contributed by atoms with Gasteiger partial charge in [0.05, 0.1) is 18.4 Å². The lowest BCUT2D eigenvalue weighted by Gasteiger charge is -2.47. The van der Waals surface area contributed by atoms with Crippen molar-refractivity contribution in [3.8, 4) is 5.75 Å². The highest BCUT2D eigenvalue weighted by Crippen LogP contribution is 2.45. The SMILES string of the molecule is CCCc1cc(Cl)ccc1C1COc2ccc(C(O)C(=O)O)cc2N(CC2CCC2C2CC(CCN(C)C(C)=O)CCO2)C1. The van der Waals surface area contributed by atoms with E-state index in [2.05, 4.69) is 24.0 Å². The number of hydrogen-bond donors (Lipinski definition) is 2. The van der Waals surface area contributed by atoms with Gasteiger partial charge in [0.2, 0.25) is 5.91 Å². The number of rotatable bonds is 11. The van der Waals surface area contributed by atoms with Crippen molar-refractivity contribution < 1.29 is 29.3 Å². The number of ether oxygens (including phenoxy) is 2. The molecule has 2 aromatic carbocycles. The van der Waals surface area contributed by atoms with Crippen LogP contribution in [0.5, 0.6) is 5.75 Å². The molecule has 6 unspecified atom stereocenters. The number of anilines is 1. The van der Waals surface area contributed by atoms with E-state index in [0.717, 1.165) is 75.4 Å². The zero-order valence-electron chi connectivity index (χ0n) is 26.2. The first-order chi connectivity index (χ1) is 21.1. The first-order valence-corrected chi connectivity index (χ1v) is 16.6. The van der Waals surface area contributed by atoms with Crippen LogP contribution in [-0.4, -0.2) is 73.0 Å². The number of benzene rings is 2. The zero-order valence-corrected chi connectivity index (χ0v) is 27.0. The summed E-state index contributed by atoms with van der Waals surface area (Å²) in [7, 11) is 1.87. The predicted molar refractivity (Wildman–Crippen MR) is 172 cm³/mol. The molecule has 3 aliphatic rings. The molecule has 8 nitrogen and oxygen atoms in total. The average Bonchev–Trinajstić information content (AvgIpc) is 3.17. The Labute approximate surface area is 266 Å². The molecule has 1 amide bonds. The van der Waals surface area contributed by atoms with Crippen LogP contribution in [0.15, 0.2) is 36.4 Å². The highest BCUT2D eigenvalue weighted by molar-refractivity contribution is 6.30. The van der Waals surface area contributed by atoms with Gasteiger partial charge in [-0.15, -0.1) is 0 Å². The molecule has 2 aromatic rings. The van der Waals surface area contributed by atoms with Gasteiger partial charge in [-0.2, -0.15) is 0 Å². The topological polar surface area (TPSA) is 99.5 Å². The van der Waals surface area contributed by atoms with E-state index in [4.69, 9.17) is 21.1 Å². The molecule has 0 bridgehead atoms. The summed E-state index contributed by atoms with van der Waals surface area (Å²) in [6, 6.07) is 11.4. The molecule has 0 radical (unpaired) electrons. The van der Waals surface area contributed by atoms with Gasteiger partial charge in [0.15, 0.2) is 6.10 Å². The number of carbonyl (C=O) groups is 2. The number of hydrogen-bond acceptors (Lipinski definition) is 6. The molecule has 2 N–H and O–H groups in total. The van der Waals surface area contributed by atoms with E-state index in [1.165, 1.54) is 11.1 Å². The number of aliphatic carboxylic acids is 1. The number of carboxylic acid groups (broad SMARTS) is 1. The number of fused-ring (bicyclic) bond motifs is 1. The fourth-order valence-corrected chi connectivity index (χ4v) is 7.43. The average molecular weight is 627 g/mol. The second-order valence-electron chi connectivity index (χ2n) is 13.0. The molecule has 2 aliphatic heterocycles. The van der Waals surface area contributed by atoms with Crippen LogP contribution in [-0.2, 0) is 20.7 Å². The number of aryl methyl sites for hydroxylation is 1. The number of aliphatic hydroxyl groups excluding tert-OH is 1. The van der Waals surface area contributed by atoms with Gasteiger partial charge in [0.25, 0.3) is 0 Å². The molecule has 0 aromatic heterocycles. The number of halogens is 1. The lowest BCUT2D eigenvalue weighted by molar-refractivity contribution is -0.147. The van der Waals surface area contributed by atoms with Gasteiger partial charge in [-0.05, 0) is 97.2 Å². The van der Waals surface area contributed by atoms with Gasteiger partial charge in [0, 0.05) is 51.2 Å².